The first kappa shape index (κ1) is 20.2. The van der Waals surface area contributed by atoms with E-state index in [0.717, 1.165) is 36.4 Å². The molecule has 5 nitrogen and oxygen atoms in total. The number of aliphatic imine (C=N–C) groups is 1. The lowest BCUT2D eigenvalue weighted by atomic mass is 9.99. The van der Waals surface area contributed by atoms with Crippen molar-refractivity contribution in [3.63, 3.8) is 0 Å². The first-order valence-corrected chi connectivity index (χ1v) is 10.7. The molecule has 1 aliphatic rings. The molecule has 2 rings (SSSR count). The van der Waals surface area contributed by atoms with Gasteiger partial charge >= 0.3 is 0 Å². The molecule has 0 unspecified atom stereocenters. The van der Waals surface area contributed by atoms with Gasteiger partial charge in [-0.2, -0.15) is 0 Å². The number of thiazole rings is 1. The molecular formula is C19H35N5S. The highest BCUT2D eigenvalue weighted by molar-refractivity contribution is 7.11. The van der Waals surface area contributed by atoms with Crippen molar-refractivity contribution >= 4 is 17.3 Å². The highest BCUT2D eigenvalue weighted by Gasteiger charge is 2.14. The summed E-state index contributed by atoms with van der Waals surface area (Å²) in [5, 5.41) is 7.87. The van der Waals surface area contributed by atoms with Gasteiger partial charge in [-0.1, -0.05) is 13.8 Å². The molecule has 6 heteroatoms. The zero-order valence-electron chi connectivity index (χ0n) is 16.2. The predicted molar refractivity (Wildman–Crippen MR) is 108 cm³/mol. The van der Waals surface area contributed by atoms with Crippen LogP contribution < -0.4 is 10.6 Å². The summed E-state index contributed by atoms with van der Waals surface area (Å²) in [4.78, 5) is 13.0. The smallest absolute Gasteiger partial charge is 0.191 e. The Balaban J connectivity index is 1.64. The summed E-state index contributed by atoms with van der Waals surface area (Å²) in [5.74, 6) is 1.82. The fourth-order valence-electron chi connectivity index (χ4n) is 3.03. The summed E-state index contributed by atoms with van der Waals surface area (Å²) in [5.41, 5.74) is 0. The summed E-state index contributed by atoms with van der Waals surface area (Å²) >= 11 is 1.76. The van der Waals surface area contributed by atoms with Crippen LogP contribution in [0.25, 0.3) is 0 Å². The molecule has 0 amide bonds. The van der Waals surface area contributed by atoms with E-state index in [1.807, 2.05) is 6.20 Å². The van der Waals surface area contributed by atoms with Gasteiger partial charge in [0.1, 0.15) is 5.01 Å². The number of hydrogen-bond acceptors (Lipinski definition) is 4. The third-order valence-electron chi connectivity index (χ3n) is 4.74. The number of piperidine rings is 1. The van der Waals surface area contributed by atoms with Gasteiger partial charge in [0, 0.05) is 24.2 Å². The summed E-state index contributed by atoms with van der Waals surface area (Å²) in [6.45, 7) is 13.0. The van der Waals surface area contributed by atoms with Crippen molar-refractivity contribution in [3.05, 3.63) is 16.1 Å². The highest BCUT2D eigenvalue weighted by atomic mass is 32.1. The number of guanidine groups is 1. The minimum atomic E-state index is 0.659. The van der Waals surface area contributed by atoms with E-state index in [9.17, 15) is 0 Å². The van der Waals surface area contributed by atoms with Crippen molar-refractivity contribution in [1.29, 1.82) is 0 Å². The average molecular weight is 366 g/mol. The number of rotatable bonds is 9. The minimum absolute atomic E-state index is 0.659. The van der Waals surface area contributed by atoms with Gasteiger partial charge in [-0.05, 0) is 64.6 Å². The van der Waals surface area contributed by atoms with Crippen LogP contribution in [0.4, 0.5) is 0 Å². The molecule has 0 aliphatic carbocycles. The molecule has 2 heterocycles. The molecule has 0 aromatic carbocycles. The van der Waals surface area contributed by atoms with Crippen molar-refractivity contribution in [1.82, 2.24) is 20.5 Å². The maximum absolute atomic E-state index is 4.66. The lowest BCUT2D eigenvalue weighted by molar-refractivity contribution is 0.189. The molecule has 1 aromatic rings. The minimum Gasteiger partial charge on any atom is -0.357 e. The van der Waals surface area contributed by atoms with Crippen LogP contribution in [0.15, 0.2) is 11.2 Å². The SMILES string of the molecule is CCNC(=NCc1ncc(CC)s1)NCCCCN1CCC(C)CC1. The number of nitrogens with one attached hydrogen (secondary N) is 2. The van der Waals surface area contributed by atoms with Crippen LogP contribution in [0.5, 0.6) is 0 Å². The van der Waals surface area contributed by atoms with Crippen LogP contribution in [0.1, 0.15) is 56.3 Å². The van der Waals surface area contributed by atoms with E-state index < -0.39 is 0 Å². The van der Waals surface area contributed by atoms with Crippen LogP contribution in [0.3, 0.4) is 0 Å². The van der Waals surface area contributed by atoms with Crippen LogP contribution in [0.2, 0.25) is 0 Å². The Morgan fingerprint density at radius 1 is 1.28 bits per heavy atom. The Kier molecular flexibility index (Phi) is 9.26. The van der Waals surface area contributed by atoms with E-state index in [1.54, 1.807) is 11.3 Å². The van der Waals surface area contributed by atoms with Crippen molar-refractivity contribution < 1.29 is 0 Å². The Hall–Kier alpha value is -1.14. The third-order valence-corrected chi connectivity index (χ3v) is 5.86. The van der Waals surface area contributed by atoms with Gasteiger partial charge in [0.25, 0.3) is 0 Å². The van der Waals surface area contributed by atoms with Crippen LogP contribution in [-0.4, -0.2) is 48.6 Å². The summed E-state index contributed by atoms with van der Waals surface area (Å²) in [6.07, 6.45) is 8.20. The Morgan fingerprint density at radius 3 is 2.76 bits per heavy atom. The molecule has 25 heavy (non-hydrogen) atoms. The van der Waals surface area contributed by atoms with Crippen LogP contribution in [-0.2, 0) is 13.0 Å². The zero-order chi connectivity index (χ0) is 17.9. The molecule has 0 bridgehead atoms. The summed E-state index contributed by atoms with van der Waals surface area (Å²) < 4.78 is 0. The normalized spacial score (nSPS) is 17.0. The van der Waals surface area contributed by atoms with Gasteiger partial charge in [-0.3, -0.25) is 0 Å². The number of likely N-dealkylation sites (tertiary alicyclic amines) is 1. The maximum atomic E-state index is 4.66. The predicted octanol–water partition coefficient (Wildman–Crippen LogP) is 3.27. The van der Waals surface area contributed by atoms with Gasteiger partial charge in [0.2, 0.25) is 0 Å². The molecule has 0 spiro atoms. The Bertz CT molecular complexity index is 506. The van der Waals surface area contributed by atoms with Crippen LogP contribution >= 0.6 is 11.3 Å². The quantitative estimate of drug-likeness (QED) is 0.401. The van der Waals surface area contributed by atoms with E-state index >= 15 is 0 Å². The molecule has 0 radical (unpaired) electrons. The van der Waals surface area contributed by atoms with Crippen molar-refractivity contribution in [2.45, 2.75) is 59.4 Å². The fraction of sp³-hybridized carbons (Fsp3) is 0.789. The van der Waals surface area contributed by atoms with Crippen LogP contribution in [0, 0.1) is 5.92 Å². The zero-order valence-corrected chi connectivity index (χ0v) is 17.0. The molecule has 1 saturated heterocycles. The lowest BCUT2D eigenvalue weighted by Crippen LogP contribution is -2.38. The monoisotopic (exact) mass is 365 g/mol. The number of hydrogen-bond donors (Lipinski definition) is 2. The first-order chi connectivity index (χ1) is 12.2. The summed E-state index contributed by atoms with van der Waals surface area (Å²) in [7, 11) is 0. The van der Waals surface area contributed by atoms with Gasteiger partial charge in [-0.15, -0.1) is 11.3 Å². The van der Waals surface area contributed by atoms with E-state index in [0.29, 0.717) is 6.54 Å². The van der Waals surface area contributed by atoms with E-state index in [-0.39, 0.29) is 0 Å². The molecule has 1 fully saturated rings. The van der Waals surface area contributed by atoms with Crippen molar-refractivity contribution in [2.75, 3.05) is 32.7 Å². The maximum Gasteiger partial charge on any atom is 0.191 e. The second-order valence-corrected chi connectivity index (χ2v) is 8.13. The largest absolute Gasteiger partial charge is 0.357 e. The Labute approximate surface area is 157 Å². The average Bonchev–Trinajstić information content (AvgIpc) is 3.09. The third kappa shape index (κ3) is 7.74. The lowest BCUT2D eigenvalue weighted by Gasteiger charge is -2.30. The van der Waals surface area contributed by atoms with Gasteiger partial charge < -0.3 is 15.5 Å². The van der Waals surface area contributed by atoms with Gasteiger partial charge in [0.05, 0.1) is 6.54 Å². The first-order valence-electron chi connectivity index (χ1n) is 9.89. The fourth-order valence-corrected chi connectivity index (χ4v) is 3.81. The summed E-state index contributed by atoms with van der Waals surface area (Å²) in [6, 6.07) is 0. The molecule has 142 valence electrons. The van der Waals surface area contributed by atoms with Gasteiger partial charge in [-0.25, -0.2) is 9.98 Å². The topological polar surface area (TPSA) is 52.6 Å². The van der Waals surface area contributed by atoms with E-state index in [1.165, 1.54) is 50.2 Å². The van der Waals surface area contributed by atoms with Crippen molar-refractivity contribution in [3.8, 4) is 0 Å². The van der Waals surface area contributed by atoms with Gasteiger partial charge in [0.15, 0.2) is 5.96 Å². The number of unbranched alkanes of at least 4 members (excludes halogenated alkanes) is 1. The van der Waals surface area contributed by atoms with E-state index in [2.05, 4.69) is 46.3 Å². The molecule has 1 aliphatic heterocycles. The molecule has 0 saturated carbocycles. The second kappa shape index (κ2) is 11.5. The molecular weight excluding hydrogens is 330 g/mol. The Morgan fingerprint density at radius 2 is 2.08 bits per heavy atom. The number of aromatic nitrogens is 1. The molecule has 1 aromatic heterocycles. The standard InChI is InChI=1S/C19H35N5S/c1-4-17-14-22-18(25-17)15-23-19(20-5-2)21-10-6-7-11-24-12-8-16(3)9-13-24/h14,16H,4-13,15H2,1-3H3,(H2,20,21,23). The van der Waals surface area contributed by atoms with Crippen molar-refractivity contribution in [2.24, 2.45) is 10.9 Å². The number of nitrogens with zero attached hydrogens (tertiary/aromatic N) is 3. The van der Waals surface area contributed by atoms with E-state index in [4.69, 9.17) is 0 Å². The molecule has 2 N–H and O–H groups in total. The molecule has 0 atom stereocenters. The second-order valence-electron chi connectivity index (χ2n) is 6.93. The highest BCUT2D eigenvalue weighted by Crippen LogP contribution is 2.16. The number of aryl methyl sites for hydroxylation is 1.